The highest BCUT2D eigenvalue weighted by Gasteiger charge is 2.53. The Kier molecular flexibility index (Phi) is 9.18. The van der Waals surface area contributed by atoms with E-state index in [2.05, 4.69) is 19.6 Å². The molecule has 1 saturated heterocycles. The van der Waals surface area contributed by atoms with Gasteiger partial charge in [0, 0.05) is 31.6 Å². The summed E-state index contributed by atoms with van der Waals surface area (Å²) in [5.41, 5.74) is 2.96. The van der Waals surface area contributed by atoms with Crippen molar-refractivity contribution in [3.63, 3.8) is 0 Å². The number of hydrogen-bond donors (Lipinski definition) is 1. The van der Waals surface area contributed by atoms with Gasteiger partial charge in [0.25, 0.3) is 0 Å². The van der Waals surface area contributed by atoms with Crippen molar-refractivity contribution in [1.82, 2.24) is 0 Å². The maximum atomic E-state index is 12.7. The summed E-state index contributed by atoms with van der Waals surface area (Å²) in [6.07, 6.45) is 9.48. The minimum atomic E-state index is -1.17. The molecule has 0 radical (unpaired) electrons. The highest BCUT2D eigenvalue weighted by atomic mass is 16.7. The summed E-state index contributed by atoms with van der Waals surface area (Å²) in [4.78, 5) is 25.1. The number of aliphatic hydroxyl groups excluding tert-OH is 1. The van der Waals surface area contributed by atoms with E-state index >= 15 is 0 Å². The van der Waals surface area contributed by atoms with Gasteiger partial charge >= 0.3 is 5.97 Å². The molecule has 1 spiro atoms. The molecule has 0 aromatic heterocycles. The zero-order valence-corrected chi connectivity index (χ0v) is 22.9. The Bertz CT molecular complexity index is 956. The van der Waals surface area contributed by atoms with Crippen molar-refractivity contribution >= 4 is 11.8 Å². The van der Waals surface area contributed by atoms with Gasteiger partial charge in [0.1, 0.15) is 5.60 Å². The van der Waals surface area contributed by atoms with Crippen molar-refractivity contribution in [3.05, 3.63) is 47.1 Å². The quantitative estimate of drug-likeness (QED) is 0.320. The van der Waals surface area contributed by atoms with E-state index in [9.17, 15) is 14.7 Å². The molecule has 6 nitrogen and oxygen atoms in total. The fourth-order valence-corrected chi connectivity index (χ4v) is 5.61. The second kappa shape index (κ2) is 11.6. The third-order valence-electron chi connectivity index (χ3n) is 7.24. The molecule has 6 heteroatoms. The van der Waals surface area contributed by atoms with Crippen molar-refractivity contribution in [2.75, 3.05) is 6.61 Å². The highest BCUT2D eigenvalue weighted by Crippen LogP contribution is 2.47. The number of Topliss-reactive ketones (excluding diaryl/α,β-unsaturated/α-hetero) is 1. The zero-order chi connectivity index (χ0) is 26.7. The predicted octanol–water partition coefficient (Wildman–Crippen LogP) is 5.76. The minimum Gasteiger partial charge on any atom is -0.459 e. The number of ether oxygens (including phenoxy) is 3. The lowest BCUT2D eigenvalue weighted by atomic mass is 9.76. The van der Waals surface area contributed by atoms with E-state index in [-0.39, 0.29) is 42.4 Å². The fourth-order valence-electron chi connectivity index (χ4n) is 5.61. The zero-order valence-electron chi connectivity index (χ0n) is 22.9. The second-order valence-electron chi connectivity index (χ2n) is 11.7. The minimum absolute atomic E-state index is 0.0679. The highest BCUT2D eigenvalue weighted by molar-refractivity contribution is 5.96. The molecule has 3 rings (SSSR count). The summed E-state index contributed by atoms with van der Waals surface area (Å²) < 4.78 is 19.3. The van der Waals surface area contributed by atoms with Gasteiger partial charge in [-0.05, 0) is 76.2 Å². The molecular weight excluding hydrogens is 456 g/mol. The normalized spacial score (nSPS) is 32.7. The molecule has 1 N–H and O–H groups in total. The molecule has 0 saturated carbocycles. The van der Waals surface area contributed by atoms with Crippen LogP contribution in [0.15, 0.2) is 47.1 Å². The van der Waals surface area contributed by atoms with Crippen molar-refractivity contribution < 1.29 is 28.9 Å². The first kappa shape index (κ1) is 28.5. The van der Waals surface area contributed by atoms with Gasteiger partial charge in [-0.2, -0.15) is 0 Å². The van der Waals surface area contributed by atoms with E-state index in [0.717, 1.165) is 24.8 Å². The second-order valence-corrected chi connectivity index (χ2v) is 11.7. The molecule has 0 bridgehead atoms. The van der Waals surface area contributed by atoms with Gasteiger partial charge in [0.15, 0.2) is 11.6 Å². The van der Waals surface area contributed by atoms with Gasteiger partial charge in [-0.3, -0.25) is 9.59 Å². The van der Waals surface area contributed by atoms with E-state index < -0.39 is 11.4 Å². The molecule has 36 heavy (non-hydrogen) atoms. The van der Waals surface area contributed by atoms with Gasteiger partial charge in [-0.25, -0.2) is 0 Å². The van der Waals surface area contributed by atoms with Gasteiger partial charge in [-0.1, -0.05) is 31.1 Å². The summed E-state index contributed by atoms with van der Waals surface area (Å²) in [5, 5.41) is 10.2. The monoisotopic (exact) mass is 500 g/mol. The van der Waals surface area contributed by atoms with Crippen LogP contribution in [0.2, 0.25) is 0 Å². The summed E-state index contributed by atoms with van der Waals surface area (Å²) >= 11 is 0. The number of ketones is 1. The average Bonchev–Trinajstić information content (AvgIpc) is 2.72. The molecular formula is C30H44O6. The van der Waals surface area contributed by atoms with Crippen LogP contribution in [0.3, 0.4) is 0 Å². The number of fused-ring (bicyclic) bond motifs is 1. The Balaban J connectivity index is 1.93. The molecule has 2 heterocycles. The lowest BCUT2D eigenvalue weighted by molar-refractivity contribution is -0.297. The molecule has 0 aromatic rings. The van der Waals surface area contributed by atoms with E-state index in [1.165, 1.54) is 11.1 Å². The molecule has 200 valence electrons. The topological polar surface area (TPSA) is 82.1 Å². The standard InChI is InChI=1S/C30H44O6/c1-19(2)9-8-10-21(5)12-24-16-29(7,36-28(33)11-20(3)4)18-30(34-24)15-23(17-31)25-14-26(32)22(6)13-27(25)35-30/h12-13,15,20,24-25,27,31H,1,8-11,14,16-18H2,2-7H3. The van der Waals surface area contributed by atoms with Crippen LogP contribution in [0.1, 0.15) is 86.5 Å². The third kappa shape index (κ3) is 7.27. The van der Waals surface area contributed by atoms with E-state index in [1.54, 1.807) is 6.92 Å². The fraction of sp³-hybridized carbons (Fsp3) is 0.667. The van der Waals surface area contributed by atoms with E-state index in [1.807, 2.05) is 39.8 Å². The molecule has 5 unspecified atom stereocenters. The maximum Gasteiger partial charge on any atom is 0.306 e. The summed E-state index contributed by atoms with van der Waals surface area (Å²) in [5.74, 6) is -1.35. The summed E-state index contributed by atoms with van der Waals surface area (Å²) in [6, 6.07) is 0. The Morgan fingerprint density at radius 2 is 2.03 bits per heavy atom. The van der Waals surface area contributed by atoms with Crippen LogP contribution in [0.25, 0.3) is 0 Å². The first-order valence-electron chi connectivity index (χ1n) is 13.3. The van der Waals surface area contributed by atoms with Crippen LogP contribution in [-0.4, -0.2) is 47.1 Å². The molecule has 5 atom stereocenters. The van der Waals surface area contributed by atoms with Crippen LogP contribution >= 0.6 is 0 Å². The first-order chi connectivity index (χ1) is 16.8. The summed E-state index contributed by atoms with van der Waals surface area (Å²) in [7, 11) is 0. The molecule has 2 aliphatic heterocycles. The number of carbonyl (C=O) groups is 2. The molecule has 1 fully saturated rings. The SMILES string of the molecule is C=C(C)CCCC(C)=CC1CC(C)(OC(=O)CC(C)C)CC2(C=C(CO)C3CC(=O)C(C)=CC3O2)O1. The number of hydrogen-bond acceptors (Lipinski definition) is 6. The van der Waals surface area contributed by atoms with Crippen molar-refractivity contribution in [3.8, 4) is 0 Å². The molecule has 1 aliphatic carbocycles. The third-order valence-corrected chi connectivity index (χ3v) is 7.24. The Morgan fingerprint density at radius 1 is 1.31 bits per heavy atom. The van der Waals surface area contributed by atoms with Crippen LogP contribution in [-0.2, 0) is 23.8 Å². The van der Waals surface area contributed by atoms with Gasteiger partial charge in [0.05, 0.1) is 18.8 Å². The Labute approximate surface area is 216 Å². The van der Waals surface area contributed by atoms with Gasteiger partial charge < -0.3 is 19.3 Å². The van der Waals surface area contributed by atoms with Gasteiger partial charge in [-0.15, -0.1) is 6.58 Å². The molecule has 3 aliphatic rings. The van der Waals surface area contributed by atoms with Crippen molar-refractivity contribution in [1.29, 1.82) is 0 Å². The predicted molar refractivity (Wildman–Crippen MR) is 140 cm³/mol. The van der Waals surface area contributed by atoms with Crippen molar-refractivity contribution in [2.24, 2.45) is 11.8 Å². The first-order valence-corrected chi connectivity index (χ1v) is 13.3. The molecule has 0 amide bonds. The smallest absolute Gasteiger partial charge is 0.306 e. The van der Waals surface area contributed by atoms with Crippen LogP contribution in [0, 0.1) is 11.8 Å². The number of carbonyl (C=O) groups excluding carboxylic acids is 2. The summed E-state index contributed by atoms with van der Waals surface area (Å²) in [6.45, 7) is 15.7. The van der Waals surface area contributed by atoms with Crippen LogP contribution in [0.4, 0.5) is 0 Å². The molecule has 0 aromatic carbocycles. The average molecular weight is 501 g/mol. The maximum absolute atomic E-state index is 12.7. The number of rotatable bonds is 9. The largest absolute Gasteiger partial charge is 0.459 e. The Morgan fingerprint density at radius 3 is 2.67 bits per heavy atom. The van der Waals surface area contributed by atoms with Crippen molar-refractivity contribution in [2.45, 2.75) is 110 Å². The number of esters is 1. The van der Waals surface area contributed by atoms with Gasteiger partial charge in [0.2, 0.25) is 0 Å². The van der Waals surface area contributed by atoms with E-state index in [4.69, 9.17) is 14.2 Å². The van der Waals surface area contributed by atoms with E-state index in [0.29, 0.717) is 31.3 Å². The Hall–Kier alpha value is -2.02. The van der Waals surface area contributed by atoms with Crippen LogP contribution < -0.4 is 0 Å². The lowest BCUT2D eigenvalue weighted by Gasteiger charge is -2.51. The number of allylic oxidation sites excluding steroid dienone is 3. The lowest BCUT2D eigenvalue weighted by Crippen LogP contribution is -2.57. The number of aliphatic hydroxyl groups is 1. The van der Waals surface area contributed by atoms with Crippen LogP contribution in [0.5, 0.6) is 0 Å².